The molecule has 0 aromatic heterocycles. The maximum Gasteiger partial charge on any atom is 0.0672 e. The molecule has 0 saturated carbocycles. The Labute approximate surface area is 88.7 Å². The molecule has 0 atom stereocenters. The van der Waals surface area contributed by atoms with Crippen LogP contribution in [0.2, 0.25) is 0 Å². The summed E-state index contributed by atoms with van der Waals surface area (Å²) in [6, 6.07) is 0. The Balaban J connectivity index is 2.96. The van der Waals surface area contributed by atoms with Crippen molar-refractivity contribution in [1.82, 2.24) is 5.32 Å². The Bertz CT molecular complexity index is 143. The molecule has 0 fully saturated rings. The number of hydrogen-bond acceptors (Lipinski definition) is 2. The lowest BCUT2D eigenvalue weighted by atomic mass is 10.1. The Hall–Kier alpha value is -0.340. The molecule has 0 aliphatic carbocycles. The smallest absolute Gasteiger partial charge is 0.0672 e. The number of ether oxygens (including phenoxy) is 1. The van der Waals surface area contributed by atoms with Gasteiger partial charge in [-0.2, -0.15) is 0 Å². The zero-order valence-electron chi connectivity index (χ0n) is 9.94. The Morgan fingerprint density at radius 2 is 2.07 bits per heavy atom. The summed E-state index contributed by atoms with van der Waals surface area (Å²) in [6.07, 6.45) is 2.57. The Morgan fingerprint density at radius 3 is 2.64 bits per heavy atom. The standard InChI is InChI=1S/C12H25NO/c1-11(2)6-5-7-13-8-9-14-10-12(3)4/h11,13H,3,5-10H2,1-2,4H3. The van der Waals surface area contributed by atoms with Gasteiger partial charge in [-0.25, -0.2) is 0 Å². The molecule has 2 heteroatoms. The molecule has 0 radical (unpaired) electrons. The minimum Gasteiger partial charge on any atom is -0.376 e. The summed E-state index contributed by atoms with van der Waals surface area (Å²) in [4.78, 5) is 0. The van der Waals surface area contributed by atoms with Gasteiger partial charge >= 0.3 is 0 Å². The van der Waals surface area contributed by atoms with Crippen LogP contribution in [0.5, 0.6) is 0 Å². The van der Waals surface area contributed by atoms with Gasteiger partial charge in [-0.1, -0.05) is 26.0 Å². The van der Waals surface area contributed by atoms with Crippen molar-refractivity contribution in [1.29, 1.82) is 0 Å². The highest BCUT2D eigenvalue weighted by atomic mass is 16.5. The van der Waals surface area contributed by atoms with Crippen molar-refractivity contribution >= 4 is 0 Å². The van der Waals surface area contributed by atoms with E-state index in [1.807, 2.05) is 6.92 Å². The average molecular weight is 199 g/mol. The van der Waals surface area contributed by atoms with E-state index in [4.69, 9.17) is 4.74 Å². The molecule has 1 N–H and O–H groups in total. The SMILES string of the molecule is C=C(C)COCCNCCCC(C)C. The predicted octanol–water partition coefficient (Wildman–Crippen LogP) is 2.60. The van der Waals surface area contributed by atoms with Crippen molar-refractivity contribution < 1.29 is 4.74 Å². The fourth-order valence-corrected chi connectivity index (χ4v) is 1.15. The quantitative estimate of drug-likeness (QED) is 0.455. The topological polar surface area (TPSA) is 21.3 Å². The molecule has 0 aromatic carbocycles. The summed E-state index contributed by atoms with van der Waals surface area (Å²) in [5.74, 6) is 0.816. The maximum absolute atomic E-state index is 5.36. The molecule has 0 amide bonds. The molecule has 0 rings (SSSR count). The largest absolute Gasteiger partial charge is 0.376 e. The van der Waals surface area contributed by atoms with Crippen molar-refractivity contribution in [3.63, 3.8) is 0 Å². The molecule has 84 valence electrons. The lowest BCUT2D eigenvalue weighted by molar-refractivity contribution is 0.158. The molecule has 0 bridgehead atoms. The highest BCUT2D eigenvalue weighted by Crippen LogP contribution is 2.01. The highest BCUT2D eigenvalue weighted by molar-refractivity contribution is 4.87. The van der Waals surface area contributed by atoms with Crippen molar-refractivity contribution in [2.75, 3.05) is 26.3 Å². The van der Waals surface area contributed by atoms with Crippen LogP contribution in [-0.2, 0) is 4.74 Å². The number of nitrogens with one attached hydrogen (secondary N) is 1. The van der Waals surface area contributed by atoms with E-state index in [0.29, 0.717) is 6.61 Å². The molecular formula is C12H25NO. The van der Waals surface area contributed by atoms with Crippen molar-refractivity contribution in [3.05, 3.63) is 12.2 Å². The van der Waals surface area contributed by atoms with Crippen LogP contribution in [0.3, 0.4) is 0 Å². The summed E-state index contributed by atoms with van der Waals surface area (Å²) < 4.78 is 5.36. The molecule has 0 aromatic rings. The second-order valence-corrected chi connectivity index (χ2v) is 4.30. The van der Waals surface area contributed by atoms with E-state index in [1.165, 1.54) is 12.8 Å². The lowest BCUT2D eigenvalue weighted by Crippen LogP contribution is -2.21. The Morgan fingerprint density at radius 1 is 1.36 bits per heavy atom. The molecule has 0 spiro atoms. The summed E-state index contributed by atoms with van der Waals surface area (Å²) in [5, 5.41) is 3.36. The first-order valence-electron chi connectivity index (χ1n) is 5.55. The van der Waals surface area contributed by atoms with E-state index >= 15 is 0 Å². The van der Waals surface area contributed by atoms with Gasteiger partial charge in [0.05, 0.1) is 13.2 Å². The summed E-state index contributed by atoms with van der Waals surface area (Å²) in [5.41, 5.74) is 1.09. The third-order valence-electron chi connectivity index (χ3n) is 1.91. The minimum absolute atomic E-state index is 0.688. The van der Waals surface area contributed by atoms with Gasteiger partial charge in [0, 0.05) is 6.54 Å². The molecule has 0 unspecified atom stereocenters. The van der Waals surface area contributed by atoms with Crippen LogP contribution in [0.15, 0.2) is 12.2 Å². The van der Waals surface area contributed by atoms with Gasteiger partial charge in [0.25, 0.3) is 0 Å². The van der Waals surface area contributed by atoms with Crippen molar-refractivity contribution in [3.8, 4) is 0 Å². The van der Waals surface area contributed by atoms with Gasteiger partial charge in [0.15, 0.2) is 0 Å². The molecule has 0 aliphatic heterocycles. The Kier molecular flexibility index (Phi) is 9.00. The predicted molar refractivity (Wildman–Crippen MR) is 62.6 cm³/mol. The summed E-state index contributed by atoms with van der Waals surface area (Å²) in [6.45, 7) is 13.8. The van der Waals surface area contributed by atoms with Crippen molar-refractivity contribution in [2.45, 2.75) is 33.6 Å². The molecule has 14 heavy (non-hydrogen) atoms. The fourth-order valence-electron chi connectivity index (χ4n) is 1.15. The van der Waals surface area contributed by atoms with E-state index in [1.54, 1.807) is 0 Å². The van der Waals surface area contributed by atoms with Crippen molar-refractivity contribution in [2.24, 2.45) is 5.92 Å². The third kappa shape index (κ3) is 11.7. The first kappa shape index (κ1) is 13.7. The average Bonchev–Trinajstić information content (AvgIpc) is 2.08. The normalized spacial score (nSPS) is 10.9. The van der Waals surface area contributed by atoms with E-state index < -0.39 is 0 Å². The molecule has 0 aliphatic rings. The number of hydrogen-bond donors (Lipinski definition) is 1. The van der Waals surface area contributed by atoms with Crippen LogP contribution in [0.1, 0.15) is 33.6 Å². The van der Waals surface area contributed by atoms with Crippen LogP contribution in [0.4, 0.5) is 0 Å². The van der Waals surface area contributed by atoms with E-state index in [-0.39, 0.29) is 0 Å². The maximum atomic E-state index is 5.36. The molecule has 0 heterocycles. The first-order valence-corrected chi connectivity index (χ1v) is 5.55. The molecule has 0 saturated heterocycles. The van der Waals surface area contributed by atoms with Gasteiger partial charge in [-0.15, -0.1) is 0 Å². The van der Waals surface area contributed by atoms with Gasteiger partial charge in [-0.3, -0.25) is 0 Å². The zero-order valence-corrected chi connectivity index (χ0v) is 9.94. The van der Waals surface area contributed by atoms with Gasteiger partial charge in [-0.05, 0) is 32.2 Å². The summed E-state index contributed by atoms with van der Waals surface area (Å²) in [7, 11) is 0. The van der Waals surface area contributed by atoms with Crippen LogP contribution < -0.4 is 5.32 Å². The van der Waals surface area contributed by atoms with Gasteiger partial charge in [0.1, 0.15) is 0 Å². The van der Waals surface area contributed by atoms with Gasteiger partial charge < -0.3 is 10.1 Å². The number of rotatable bonds is 9. The summed E-state index contributed by atoms with van der Waals surface area (Å²) >= 11 is 0. The zero-order chi connectivity index (χ0) is 10.8. The molecular weight excluding hydrogens is 174 g/mol. The van der Waals surface area contributed by atoms with Crippen LogP contribution in [-0.4, -0.2) is 26.3 Å². The fraction of sp³-hybridized carbons (Fsp3) is 0.833. The van der Waals surface area contributed by atoms with E-state index in [2.05, 4.69) is 25.7 Å². The van der Waals surface area contributed by atoms with Crippen LogP contribution >= 0.6 is 0 Å². The van der Waals surface area contributed by atoms with Crippen LogP contribution in [0.25, 0.3) is 0 Å². The van der Waals surface area contributed by atoms with E-state index in [9.17, 15) is 0 Å². The minimum atomic E-state index is 0.688. The van der Waals surface area contributed by atoms with E-state index in [0.717, 1.165) is 31.2 Å². The second-order valence-electron chi connectivity index (χ2n) is 4.30. The first-order chi connectivity index (χ1) is 6.63. The lowest BCUT2D eigenvalue weighted by Gasteiger charge is -2.07. The third-order valence-corrected chi connectivity index (χ3v) is 1.91. The molecule has 2 nitrogen and oxygen atoms in total. The van der Waals surface area contributed by atoms with Crippen LogP contribution in [0, 0.1) is 5.92 Å². The monoisotopic (exact) mass is 199 g/mol. The second kappa shape index (κ2) is 9.22. The van der Waals surface area contributed by atoms with Gasteiger partial charge in [0.2, 0.25) is 0 Å². The highest BCUT2D eigenvalue weighted by Gasteiger charge is 1.93.